The van der Waals surface area contributed by atoms with Crippen LogP contribution in [0.1, 0.15) is 48.2 Å². The molecule has 1 aromatic heterocycles. The molecule has 0 fully saturated rings. The molecule has 0 aliphatic carbocycles. The van der Waals surface area contributed by atoms with Crippen molar-refractivity contribution in [2.75, 3.05) is 7.11 Å². The Hall–Kier alpha value is -3.38. The minimum Gasteiger partial charge on any atom is -0.464 e. The monoisotopic (exact) mass is 452 g/mol. The molecule has 0 spiro atoms. The Labute approximate surface area is 192 Å². The summed E-state index contributed by atoms with van der Waals surface area (Å²) in [5, 5.41) is 0.602. The molecule has 0 amide bonds. The van der Waals surface area contributed by atoms with Gasteiger partial charge in [-0.15, -0.1) is 0 Å². The largest absolute Gasteiger partial charge is 0.464 e. The number of hydrogen-bond acceptors (Lipinski definition) is 5. The van der Waals surface area contributed by atoms with Crippen LogP contribution in [-0.2, 0) is 20.7 Å². The fourth-order valence-corrected chi connectivity index (χ4v) is 3.14. The number of nitrogens with zero attached hydrogens (tertiary/aromatic N) is 1. The minimum atomic E-state index is -0.526. The van der Waals surface area contributed by atoms with Gasteiger partial charge in [0.25, 0.3) is 0 Å². The molecule has 0 unspecified atom stereocenters. The maximum absolute atomic E-state index is 12.2. The summed E-state index contributed by atoms with van der Waals surface area (Å²) in [7, 11) is 1.33. The third-order valence-corrected chi connectivity index (χ3v) is 4.68. The number of imidazole rings is 1. The van der Waals surface area contributed by atoms with E-state index in [1.54, 1.807) is 30.3 Å². The lowest BCUT2D eigenvalue weighted by atomic mass is 10.1. The van der Waals surface area contributed by atoms with E-state index in [2.05, 4.69) is 9.97 Å². The number of hydrogen-bond donors (Lipinski definition) is 1. The van der Waals surface area contributed by atoms with Crippen molar-refractivity contribution in [2.24, 2.45) is 0 Å². The molecular formula is C25H25ClN2O4. The molecule has 2 aromatic carbocycles. The summed E-state index contributed by atoms with van der Waals surface area (Å²) in [6.07, 6.45) is 3.61. The predicted molar refractivity (Wildman–Crippen MR) is 125 cm³/mol. The number of aromatic amines is 1. The number of ether oxygens (including phenoxy) is 2. The van der Waals surface area contributed by atoms with Crippen LogP contribution in [0.25, 0.3) is 17.3 Å². The van der Waals surface area contributed by atoms with E-state index in [4.69, 9.17) is 21.1 Å². The molecule has 1 N–H and O–H groups in total. The molecule has 0 radical (unpaired) electrons. The second-order valence-corrected chi connectivity index (χ2v) is 8.63. The first-order valence-corrected chi connectivity index (χ1v) is 10.5. The minimum absolute atomic E-state index is 0.293. The standard InChI is InChI=1S/C25H25ClN2O4/c1-25(2,3)32-21(29)14-9-16-5-7-17(8-6-16)15-20-27-22(23(28-20)24(30)31-4)18-10-12-19(26)13-11-18/h5-14H,15H2,1-4H3,(H,27,28)/b14-9+. The van der Waals surface area contributed by atoms with E-state index in [1.165, 1.54) is 13.2 Å². The van der Waals surface area contributed by atoms with Crippen molar-refractivity contribution in [2.45, 2.75) is 32.8 Å². The molecule has 0 atom stereocenters. The van der Waals surface area contributed by atoms with E-state index in [-0.39, 0.29) is 5.97 Å². The van der Waals surface area contributed by atoms with E-state index >= 15 is 0 Å². The second kappa shape index (κ2) is 9.83. The van der Waals surface area contributed by atoms with Gasteiger partial charge in [-0.25, -0.2) is 14.6 Å². The van der Waals surface area contributed by atoms with Crippen LogP contribution in [0.2, 0.25) is 5.02 Å². The number of esters is 2. The lowest BCUT2D eigenvalue weighted by Crippen LogP contribution is -2.22. The van der Waals surface area contributed by atoms with Gasteiger partial charge in [-0.2, -0.15) is 0 Å². The Bertz CT molecular complexity index is 1120. The Morgan fingerprint density at radius 3 is 2.31 bits per heavy atom. The summed E-state index contributed by atoms with van der Waals surface area (Å²) in [5.74, 6) is -0.244. The summed E-state index contributed by atoms with van der Waals surface area (Å²) in [6.45, 7) is 5.48. The van der Waals surface area contributed by atoms with Crippen LogP contribution in [0.15, 0.2) is 54.6 Å². The first-order chi connectivity index (χ1) is 15.1. The second-order valence-electron chi connectivity index (χ2n) is 8.19. The van der Waals surface area contributed by atoms with Gasteiger partial charge >= 0.3 is 11.9 Å². The Kier molecular flexibility index (Phi) is 7.15. The van der Waals surface area contributed by atoms with Gasteiger partial charge in [0.05, 0.1) is 7.11 Å². The number of benzene rings is 2. The molecular weight excluding hydrogens is 428 g/mol. The average molecular weight is 453 g/mol. The van der Waals surface area contributed by atoms with Crippen molar-refractivity contribution in [1.82, 2.24) is 9.97 Å². The SMILES string of the molecule is COC(=O)c1[nH]c(Cc2ccc(/C=C/C(=O)OC(C)(C)C)cc2)nc1-c1ccc(Cl)cc1. The summed E-state index contributed by atoms with van der Waals surface area (Å²) >= 11 is 5.97. The van der Waals surface area contributed by atoms with Gasteiger partial charge in [0.1, 0.15) is 17.1 Å². The fourth-order valence-electron chi connectivity index (χ4n) is 3.01. The van der Waals surface area contributed by atoms with Crippen molar-refractivity contribution in [3.8, 4) is 11.3 Å². The number of aromatic nitrogens is 2. The van der Waals surface area contributed by atoms with Crippen LogP contribution in [0.3, 0.4) is 0 Å². The highest BCUT2D eigenvalue weighted by Gasteiger charge is 2.19. The van der Waals surface area contributed by atoms with Gasteiger partial charge in [0.15, 0.2) is 5.69 Å². The molecule has 3 aromatic rings. The van der Waals surface area contributed by atoms with Gasteiger partial charge in [0.2, 0.25) is 0 Å². The average Bonchev–Trinajstić information content (AvgIpc) is 3.15. The van der Waals surface area contributed by atoms with E-state index in [9.17, 15) is 9.59 Å². The highest BCUT2D eigenvalue weighted by molar-refractivity contribution is 6.30. The smallest absolute Gasteiger partial charge is 0.356 e. The van der Waals surface area contributed by atoms with Crippen molar-refractivity contribution >= 4 is 29.6 Å². The van der Waals surface area contributed by atoms with E-state index < -0.39 is 11.6 Å². The van der Waals surface area contributed by atoms with Crippen LogP contribution < -0.4 is 0 Å². The summed E-state index contributed by atoms with van der Waals surface area (Å²) in [6, 6.07) is 14.8. The number of rotatable bonds is 6. The van der Waals surface area contributed by atoms with Crippen molar-refractivity contribution in [1.29, 1.82) is 0 Å². The Morgan fingerprint density at radius 1 is 1.06 bits per heavy atom. The third kappa shape index (κ3) is 6.31. The van der Waals surface area contributed by atoms with Gasteiger partial charge < -0.3 is 14.5 Å². The third-order valence-electron chi connectivity index (χ3n) is 4.43. The quantitative estimate of drug-likeness (QED) is 0.396. The molecule has 3 rings (SSSR count). The zero-order valence-corrected chi connectivity index (χ0v) is 19.2. The molecule has 166 valence electrons. The number of halogens is 1. The molecule has 0 saturated carbocycles. The number of carbonyl (C=O) groups is 2. The van der Waals surface area contributed by atoms with E-state index in [0.29, 0.717) is 28.7 Å². The molecule has 0 saturated heterocycles. The molecule has 32 heavy (non-hydrogen) atoms. The number of carbonyl (C=O) groups excluding carboxylic acids is 2. The maximum Gasteiger partial charge on any atom is 0.356 e. The first-order valence-electron chi connectivity index (χ1n) is 10.1. The van der Waals surface area contributed by atoms with Crippen LogP contribution >= 0.6 is 11.6 Å². The molecule has 6 nitrogen and oxygen atoms in total. The zero-order valence-electron chi connectivity index (χ0n) is 18.4. The number of methoxy groups -OCH3 is 1. The molecule has 0 aliphatic heterocycles. The lowest BCUT2D eigenvalue weighted by Gasteiger charge is -2.17. The van der Waals surface area contributed by atoms with Gasteiger partial charge in [-0.3, -0.25) is 0 Å². The molecule has 1 heterocycles. The predicted octanol–water partition coefficient (Wildman–Crippen LogP) is 5.46. The van der Waals surface area contributed by atoms with E-state index in [0.717, 1.165) is 16.7 Å². The summed E-state index contributed by atoms with van der Waals surface area (Å²) in [5.41, 5.74) is 2.91. The summed E-state index contributed by atoms with van der Waals surface area (Å²) in [4.78, 5) is 31.7. The lowest BCUT2D eigenvalue weighted by molar-refractivity contribution is -0.148. The topological polar surface area (TPSA) is 81.3 Å². The molecule has 0 aliphatic rings. The normalized spacial score (nSPS) is 11.5. The van der Waals surface area contributed by atoms with Crippen LogP contribution in [-0.4, -0.2) is 34.6 Å². The van der Waals surface area contributed by atoms with Gasteiger partial charge in [-0.05, 0) is 50.1 Å². The molecule has 7 heteroatoms. The Morgan fingerprint density at radius 2 is 1.72 bits per heavy atom. The number of H-pyrrole nitrogens is 1. The van der Waals surface area contributed by atoms with Crippen molar-refractivity contribution < 1.29 is 19.1 Å². The van der Waals surface area contributed by atoms with Gasteiger partial charge in [0, 0.05) is 23.1 Å². The van der Waals surface area contributed by atoms with E-state index in [1.807, 2.05) is 45.0 Å². The summed E-state index contributed by atoms with van der Waals surface area (Å²) < 4.78 is 10.2. The maximum atomic E-state index is 12.2. The molecule has 0 bridgehead atoms. The van der Waals surface area contributed by atoms with Crippen LogP contribution in [0, 0.1) is 0 Å². The first kappa shape index (κ1) is 23.3. The van der Waals surface area contributed by atoms with Crippen LogP contribution in [0.4, 0.5) is 0 Å². The van der Waals surface area contributed by atoms with Crippen LogP contribution in [0.5, 0.6) is 0 Å². The van der Waals surface area contributed by atoms with Gasteiger partial charge in [-0.1, -0.05) is 48.0 Å². The Balaban J connectivity index is 1.76. The number of nitrogens with one attached hydrogen (secondary N) is 1. The highest BCUT2D eigenvalue weighted by Crippen LogP contribution is 2.25. The highest BCUT2D eigenvalue weighted by atomic mass is 35.5. The van der Waals surface area contributed by atoms with Crippen molar-refractivity contribution in [3.63, 3.8) is 0 Å². The van der Waals surface area contributed by atoms with Crippen molar-refractivity contribution in [3.05, 3.63) is 82.3 Å². The fraction of sp³-hybridized carbons (Fsp3) is 0.240. The zero-order chi connectivity index (χ0) is 23.3.